The molecule has 2 aliphatic heterocycles. The van der Waals surface area contributed by atoms with Gasteiger partial charge in [0.15, 0.2) is 0 Å². The molecule has 1 aromatic carbocycles. The standard InChI is InChI=1S/C23H35NO2Se/c1-16-11-12-18-19(13-16)26-21-15-25-23(4,5)20(14-24(21)22(18,2)3)27-17-9-7-6-8-10-17/h6-10,16,18-21H,11-15H2,1-5H3/t16-,18-,19-,20+,21+/m1/s1. The molecule has 150 valence electrons. The molecule has 1 aromatic rings. The van der Waals surface area contributed by atoms with Gasteiger partial charge in [-0.3, -0.25) is 0 Å². The quantitative estimate of drug-likeness (QED) is 0.658. The van der Waals surface area contributed by atoms with Gasteiger partial charge in [0.2, 0.25) is 0 Å². The summed E-state index contributed by atoms with van der Waals surface area (Å²) in [7, 11) is 0. The molecule has 3 nitrogen and oxygen atoms in total. The SMILES string of the molecule is C[C@@H]1CC[C@@H]2[C@@H](C1)O[C@H]1COC(C)(C)[C@@H]([Se]c3ccccc3)CN1C2(C)C. The number of rotatable bonds is 2. The van der Waals surface area contributed by atoms with Gasteiger partial charge in [-0.25, -0.2) is 0 Å². The van der Waals surface area contributed by atoms with Gasteiger partial charge in [0.05, 0.1) is 0 Å². The number of hydrogen-bond donors (Lipinski definition) is 0. The molecule has 0 bridgehead atoms. The summed E-state index contributed by atoms with van der Waals surface area (Å²) in [6.45, 7) is 13.6. The van der Waals surface area contributed by atoms with Crippen LogP contribution in [0.5, 0.6) is 0 Å². The molecule has 5 atom stereocenters. The summed E-state index contributed by atoms with van der Waals surface area (Å²) in [5, 5.41) is 0. The van der Waals surface area contributed by atoms with E-state index in [0.29, 0.717) is 38.4 Å². The van der Waals surface area contributed by atoms with Crippen molar-refractivity contribution in [2.75, 3.05) is 13.2 Å². The zero-order valence-corrected chi connectivity index (χ0v) is 19.2. The van der Waals surface area contributed by atoms with Crippen molar-refractivity contribution in [2.45, 2.75) is 82.2 Å². The van der Waals surface area contributed by atoms with Crippen LogP contribution in [0, 0.1) is 11.8 Å². The Balaban J connectivity index is 1.60. The molecular weight excluding hydrogens is 401 g/mol. The van der Waals surface area contributed by atoms with Gasteiger partial charge in [0.1, 0.15) is 0 Å². The van der Waals surface area contributed by atoms with Crippen molar-refractivity contribution in [3.05, 3.63) is 30.3 Å². The van der Waals surface area contributed by atoms with Gasteiger partial charge in [0.25, 0.3) is 0 Å². The summed E-state index contributed by atoms with van der Waals surface area (Å²) in [4.78, 5) is 3.17. The molecule has 4 heteroatoms. The van der Waals surface area contributed by atoms with E-state index >= 15 is 0 Å². The van der Waals surface area contributed by atoms with Gasteiger partial charge < -0.3 is 0 Å². The first-order chi connectivity index (χ1) is 12.8. The summed E-state index contributed by atoms with van der Waals surface area (Å²) < 4.78 is 14.6. The molecule has 0 N–H and O–H groups in total. The third kappa shape index (κ3) is 3.89. The Morgan fingerprint density at radius 3 is 2.56 bits per heavy atom. The van der Waals surface area contributed by atoms with Crippen LogP contribution in [-0.4, -0.2) is 56.5 Å². The van der Waals surface area contributed by atoms with E-state index in [1.807, 2.05) is 0 Å². The molecule has 3 fully saturated rings. The zero-order valence-electron chi connectivity index (χ0n) is 17.5. The van der Waals surface area contributed by atoms with E-state index in [4.69, 9.17) is 9.47 Å². The number of benzene rings is 1. The molecule has 0 unspecified atom stereocenters. The van der Waals surface area contributed by atoms with E-state index in [1.54, 1.807) is 0 Å². The number of ether oxygens (including phenoxy) is 2. The monoisotopic (exact) mass is 437 g/mol. The Kier molecular flexibility index (Phi) is 5.50. The Morgan fingerprint density at radius 1 is 1.07 bits per heavy atom. The van der Waals surface area contributed by atoms with Gasteiger partial charge in [-0.1, -0.05) is 0 Å². The normalized spacial score (nSPS) is 38.5. The number of hydrogen-bond acceptors (Lipinski definition) is 3. The Labute approximate surface area is 171 Å². The zero-order chi connectivity index (χ0) is 19.2. The second-order valence-electron chi connectivity index (χ2n) is 9.79. The van der Waals surface area contributed by atoms with Crippen LogP contribution in [0.15, 0.2) is 30.3 Å². The Bertz CT molecular complexity index is 647. The predicted molar refractivity (Wildman–Crippen MR) is 112 cm³/mol. The van der Waals surface area contributed by atoms with Crippen LogP contribution in [0.1, 0.15) is 53.9 Å². The first-order valence-electron chi connectivity index (χ1n) is 10.6. The number of fused-ring (bicyclic) bond motifs is 2. The van der Waals surface area contributed by atoms with Gasteiger partial charge in [0, 0.05) is 0 Å². The van der Waals surface area contributed by atoms with Crippen LogP contribution < -0.4 is 4.46 Å². The fraction of sp³-hybridized carbons (Fsp3) is 0.739. The minimum atomic E-state index is -0.120. The van der Waals surface area contributed by atoms with Crippen molar-refractivity contribution >= 4 is 19.4 Å². The second kappa shape index (κ2) is 7.46. The summed E-state index contributed by atoms with van der Waals surface area (Å²) in [6, 6.07) is 11.0. The van der Waals surface area contributed by atoms with Crippen molar-refractivity contribution < 1.29 is 9.47 Å². The van der Waals surface area contributed by atoms with E-state index in [1.165, 1.54) is 23.7 Å². The maximum atomic E-state index is 6.68. The fourth-order valence-electron chi connectivity index (χ4n) is 5.25. The average Bonchev–Trinajstić information content (AvgIpc) is 2.74. The molecule has 3 aliphatic rings. The van der Waals surface area contributed by atoms with Crippen molar-refractivity contribution in [2.24, 2.45) is 11.8 Å². The third-order valence-electron chi connectivity index (χ3n) is 7.14. The van der Waals surface area contributed by atoms with Crippen LogP contribution in [-0.2, 0) is 9.47 Å². The van der Waals surface area contributed by atoms with E-state index < -0.39 is 0 Å². The molecule has 1 aliphatic carbocycles. The Morgan fingerprint density at radius 2 is 1.81 bits per heavy atom. The molecule has 0 spiro atoms. The van der Waals surface area contributed by atoms with E-state index in [-0.39, 0.29) is 17.4 Å². The van der Waals surface area contributed by atoms with E-state index in [2.05, 4.69) is 69.9 Å². The second-order valence-corrected chi connectivity index (χ2v) is 12.5. The van der Waals surface area contributed by atoms with Crippen molar-refractivity contribution in [3.63, 3.8) is 0 Å². The Hall–Kier alpha value is -0.381. The van der Waals surface area contributed by atoms with Crippen molar-refractivity contribution in [1.29, 1.82) is 0 Å². The molecule has 0 aromatic heterocycles. The van der Waals surface area contributed by atoms with Gasteiger partial charge in [-0.05, 0) is 0 Å². The first-order valence-corrected chi connectivity index (χ1v) is 12.4. The van der Waals surface area contributed by atoms with Gasteiger partial charge in [-0.15, -0.1) is 0 Å². The maximum absolute atomic E-state index is 6.68. The van der Waals surface area contributed by atoms with Crippen LogP contribution in [0.3, 0.4) is 0 Å². The summed E-state index contributed by atoms with van der Waals surface area (Å²) in [6.07, 6.45) is 4.33. The fourth-order valence-corrected chi connectivity index (χ4v) is 7.83. The van der Waals surface area contributed by atoms with Crippen LogP contribution in [0.2, 0.25) is 4.82 Å². The molecule has 4 rings (SSSR count). The van der Waals surface area contributed by atoms with Gasteiger partial charge >= 0.3 is 171 Å². The summed E-state index contributed by atoms with van der Waals surface area (Å²) >= 11 is 0.383. The molecule has 27 heavy (non-hydrogen) atoms. The molecule has 0 radical (unpaired) electrons. The average molecular weight is 436 g/mol. The van der Waals surface area contributed by atoms with Crippen molar-refractivity contribution in [1.82, 2.24) is 4.90 Å². The third-order valence-corrected chi connectivity index (χ3v) is 10.4. The minimum absolute atomic E-state index is 0.0994. The predicted octanol–water partition coefficient (Wildman–Crippen LogP) is 3.86. The summed E-state index contributed by atoms with van der Waals surface area (Å²) in [5.41, 5.74) is 0.0492. The topological polar surface area (TPSA) is 21.7 Å². The number of nitrogens with zero attached hydrogens (tertiary/aromatic N) is 1. The molecule has 0 amide bonds. The van der Waals surface area contributed by atoms with Crippen LogP contribution in [0.25, 0.3) is 0 Å². The van der Waals surface area contributed by atoms with E-state index in [0.717, 1.165) is 12.5 Å². The first kappa shape index (κ1) is 19.9. The molecule has 1 saturated carbocycles. The molecular formula is C23H35NO2Se. The van der Waals surface area contributed by atoms with E-state index in [9.17, 15) is 0 Å². The van der Waals surface area contributed by atoms with Gasteiger partial charge in [-0.2, -0.15) is 0 Å². The summed E-state index contributed by atoms with van der Waals surface area (Å²) in [5.74, 6) is 1.42. The van der Waals surface area contributed by atoms with Crippen LogP contribution >= 0.6 is 0 Å². The van der Waals surface area contributed by atoms with Crippen molar-refractivity contribution in [3.8, 4) is 0 Å². The molecule has 2 heterocycles. The molecule has 2 saturated heterocycles. The van der Waals surface area contributed by atoms with Crippen LogP contribution in [0.4, 0.5) is 0 Å².